The molecular weight excluding hydrogens is 296 g/mol. The number of nitriles is 1. The zero-order valence-electron chi connectivity index (χ0n) is 13.3. The summed E-state index contributed by atoms with van der Waals surface area (Å²) in [6.45, 7) is 0.732. The zero-order chi connectivity index (χ0) is 16.6. The number of hydrogen-bond donors (Lipinski definition) is 1. The van der Waals surface area contributed by atoms with E-state index in [0.717, 1.165) is 23.4 Å². The van der Waals surface area contributed by atoms with Gasteiger partial charge in [0.15, 0.2) is 0 Å². The van der Waals surface area contributed by atoms with Gasteiger partial charge in [-0.05, 0) is 23.3 Å². The minimum atomic E-state index is 0.599. The Morgan fingerprint density at radius 2 is 1.75 bits per heavy atom. The fourth-order valence-corrected chi connectivity index (χ4v) is 2.50. The van der Waals surface area contributed by atoms with Crippen molar-refractivity contribution in [1.29, 1.82) is 5.26 Å². The lowest BCUT2D eigenvalue weighted by Gasteiger charge is -2.21. The van der Waals surface area contributed by atoms with Crippen molar-refractivity contribution in [2.24, 2.45) is 5.10 Å². The average molecular weight is 314 g/mol. The largest absolute Gasteiger partial charge is 0.349 e. The molecule has 0 amide bonds. The third-order valence-corrected chi connectivity index (χ3v) is 3.60. The maximum Gasteiger partial charge on any atom is 0.0966 e. The molecule has 0 atom stereocenters. The molecule has 24 heavy (non-hydrogen) atoms. The highest BCUT2D eigenvalue weighted by molar-refractivity contribution is 5.80. The normalized spacial score (nSPS) is 14.0. The molecule has 0 spiro atoms. The van der Waals surface area contributed by atoms with Crippen molar-refractivity contribution in [1.82, 2.24) is 4.90 Å². The minimum absolute atomic E-state index is 0.599. The Bertz CT molecular complexity index is 799. The van der Waals surface area contributed by atoms with E-state index in [1.54, 1.807) is 6.21 Å². The number of para-hydroxylation sites is 1. The van der Waals surface area contributed by atoms with Crippen LogP contribution in [-0.2, 0) is 6.54 Å². The van der Waals surface area contributed by atoms with Crippen molar-refractivity contribution in [3.05, 3.63) is 89.8 Å². The number of hydrazone groups is 1. The van der Waals surface area contributed by atoms with Crippen molar-refractivity contribution in [3.63, 3.8) is 0 Å². The van der Waals surface area contributed by atoms with Crippen LogP contribution >= 0.6 is 0 Å². The first kappa shape index (κ1) is 15.6. The summed E-state index contributed by atoms with van der Waals surface area (Å²) in [4.78, 5) is 2.03. The van der Waals surface area contributed by atoms with Crippen LogP contribution in [-0.4, -0.2) is 11.1 Å². The second-order valence-electron chi connectivity index (χ2n) is 5.54. The molecule has 1 aliphatic heterocycles. The molecule has 3 rings (SSSR count). The van der Waals surface area contributed by atoms with E-state index in [9.17, 15) is 5.26 Å². The lowest BCUT2D eigenvalue weighted by Crippen LogP contribution is -2.15. The molecule has 1 N–H and O–H groups in total. The van der Waals surface area contributed by atoms with Gasteiger partial charge in [-0.1, -0.05) is 48.5 Å². The molecule has 0 fully saturated rings. The molecule has 0 aromatic heterocycles. The Kier molecular flexibility index (Phi) is 5.06. The molecule has 4 nitrogen and oxygen atoms in total. The van der Waals surface area contributed by atoms with E-state index < -0.39 is 0 Å². The molecule has 0 bridgehead atoms. The summed E-state index contributed by atoms with van der Waals surface area (Å²) in [6, 6.07) is 22.2. The average Bonchev–Trinajstić information content (AvgIpc) is 2.63. The van der Waals surface area contributed by atoms with Crippen LogP contribution in [0.15, 0.2) is 89.3 Å². The molecule has 2 aromatic carbocycles. The SMILES string of the molecule is N#CC1=CN(Cc2ccccc2)C=C(/C=N/Nc2ccccc2)C1. The fraction of sp³-hybridized carbons (Fsp3) is 0.100. The number of nitrogens with zero attached hydrogens (tertiary/aromatic N) is 3. The third-order valence-electron chi connectivity index (χ3n) is 3.60. The van der Waals surface area contributed by atoms with Crippen LogP contribution in [0.5, 0.6) is 0 Å². The van der Waals surface area contributed by atoms with E-state index in [-0.39, 0.29) is 0 Å². The number of anilines is 1. The first-order valence-corrected chi connectivity index (χ1v) is 7.79. The van der Waals surface area contributed by atoms with Crippen LogP contribution in [0.25, 0.3) is 0 Å². The van der Waals surface area contributed by atoms with Crippen LogP contribution < -0.4 is 5.43 Å². The van der Waals surface area contributed by atoms with E-state index >= 15 is 0 Å². The molecule has 2 aromatic rings. The van der Waals surface area contributed by atoms with E-state index in [2.05, 4.69) is 28.7 Å². The van der Waals surface area contributed by atoms with Gasteiger partial charge in [0.25, 0.3) is 0 Å². The highest BCUT2D eigenvalue weighted by Crippen LogP contribution is 2.19. The molecular formula is C20H18N4. The van der Waals surface area contributed by atoms with E-state index in [1.165, 1.54) is 5.56 Å². The molecule has 0 saturated carbocycles. The molecule has 1 aliphatic rings. The van der Waals surface area contributed by atoms with Gasteiger partial charge < -0.3 is 4.90 Å². The highest BCUT2D eigenvalue weighted by atomic mass is 15.3. The summed E-state index contributed by atoms with van der Waals surface area (Å²) in [6.07, 6.45) is 6.30. The van der Waals surface area contributed by atoms with Gasteiger partial charge in [-0.15, -0.1) is 0 Å². The summed E-state index contributed by atoms with van der Waals surface area (Å²) in [5.41, 5.74) is 6.85. The van der Waals surface area contributed by atoms with Crippen molar-refractivity contribution in [2.75, 3.05) is 5.43 Å². The van der Waals surface area contributed by atoms with Crippen LogP contribution in [0.4, 0.5) is 5.69 Å². The number of benzene rings is 2. The zero-order valence-corrected chi connectivity index (χ0v) is 13.3. The Hall–Kier alpha value is -3.32. The van der Waals surface area contributed by atoms with Crippen LogP contribution in [0.2, 0.25) is 0 Å². The number of hydrogen-bond acceptors (Lipinski definition) is 4. The fourth-order valence-electron chi connectivity index (χ4n) is 2.50. The predicted molar refractivity (Wildman–Crippen MR) is 96.9 cm³/mol. The number of rotatable bonds is 5. The van der Waals surface area contributed by atoms with Gasteiger partial charge in [0, 0.05) is 25.4 Å². The lowest BCUT2D eigenvalue weighted by atomic mass is 10.1. The second-order valence-corrected chi connectivity index (χ2v) is 5.54. The quantitative estimate of drug-likeness (QED) is 0.662. The van der Waals surface area contributed by atoms with Crippen molar-refractivity contribution >= 4 is 11.9 Å². The first-order valence-electron chi connectivity index (χ1n) is 7.79. The topological polar surface area (TPSA) is 51.4 Å². The molecule has 0 unspecified atom stereocenters. The van der Waals surface area contributed by atoms with Crippen molar-refractivity contribution in [3.8, 4) is 6.07 Å². The standard InChI is InChI=1S/C20H18N4/c21-12-18-11-19(13-22-23-20-9-5-2-6-10-20)16-24(15-18)14-17-7-3-1-4-8-17/h1-10,13,15-16,23H,11,14H2/b22-13+. The van der Waals surface area contributed by atoms with Gasteiger partial charge in [-0.3, -0.25) is 5.43 Å². The van der Waals surface area contributed by atoms with Crippen LogP contribution in [0.3, 0.4) is 0 Å². The van der Waals surface area contributed by atoms with Gasteiger partial charge in [0.05, 0.1) is 23.5 Å². The van der Waals surface area contributed by atoms with Crippen LogP contribution in [0.1, 0.15) is 12.0 Å². The second kappa shape index (κ2) is 7.80. The maximum atomic E-state index is 9.26. The monoisotopic (exact) mass is 314 g/mol. The first-order chi connectivity index (χ1) is 11.8. The molecule has 0 aliphatic carbocycles. The van der Waals surface area contributed by atoms with E-state index in [1.807, 2.05) is 65.8 Å². The summed E-state index contributed by atoms with van der Waals surface area (Å²) in [5.74, 6) is 0. The summed E-state index contributed by atoms with van der Waals surface area (Å²) < 4.78 is 0. The Balaban J connectivity index is 1.69. The lowest BCUT2D eigenvalue weighted by molar-refractivity contribution is 0.487. The van der Waals surface area contributed by atoms with Crippen molar-refractivity contribution < 1.29 is 0 Å². The maximum absolute atomic E-state index is 9.26. The van der Waals surface area contributed by atoms with Crippen molar-refractivity contribution in [2.45, 2.75) is 13.0 Å². The van der Waals surface area contributed by atoms with Gasteiger partial charge >= 0.3 is 0 Å². The van der Waals surface area contributed by atoms with Gasteiger partial charge in [-0.2, -0.15) is 10.4 Å². The number of allylic oxidation sites excluding steroid dienone is 2. The molecule has 118 valence electrons. The minimum Gasteiger partial charge on any atom is -0.349 e. The Morgan fingerprint density at radius 1 is 1.04 bits per heavy atom. The molecule has 4 heteroatoms. The van der Waals surface area contributed by atoms with Gasteiger partial charge in [0.1, 0.15) is 0 Å². The molecule has 1 heterocycles. The Morgan fingerprint density at radius 3 is 2.46 bits per heavy atom. The smallest absolute Gasteiger partial charge is 0.0966 e. The van der Waals surface area contributed by atoms with E-state index in [0.29, 0.717) is 6.42 Å². The summed E-state index contributed by atoms with van der Waals surface area (Å²) >= 11 is 0. The predicted octanol–water partition coefficient (Wildman–Crippen LogP) is 4.28. The Labute approximate surface area is 142 Å². The highest BCUT2D eigenvalue weighted by Gasteiger charge is 2.11. The molecule has 0 radical (unpaired) electrons. The number of nitrogens with one attached hydrogen (secondary N) is 1. The van der Waals surface area contributed by atoms with Gasteiger partial charge in [0.2, 0.25) is 0 Å². The summed E-state index contributed by atoms with van der Waals surface area (Å²) in [7, 11) is 0. The summed E-state index contributed by atoms with van der Waals surface area (Å²) in [5, 5.41) is 13.5. The van der Waals surface area contributed by atoms with Gasteiger partial charge in [-0.25, -0.2) is 0 Å². The van der Waals surface area contributed by atoms with Crippen LogP contribution in [0, 0.1) is 11.3 Å². The molecule has 0 saturated heterocycles. The third kappa shape index (κ3) is 4.34. The van der Waals surface area contributed by atoms with E-state index in [4.69, 9.17) is 0 Å².